The molecule has 1 unspecified atom stereocenters. The fraction of sp³-hybridized carbons (Fsp3) is 0.304. The maximum atomic E-state index is 13.0. The van der Waals surface area contributed by atoms with Crippen LogP contribution in [-0.4, -0.2) is 25.3 Å². The molecule has 3 aromatic rings. The van der Waals surface area contributed by atoms with Gasteiger partial charge in [0, 0.05) is 12.7 Å². The second-order valence-electron chi connectivity index (χ2n) is 6.88. The summed E-state index contributed by atoms with van der Waals surface area (Å²) in [5, 5.41) is 0.321. The zero-order valence-electron chi connectivity index (χ0n) is 16.8. The number of hydrogen-bond donors (Lipinski definition) is 0. The summed E-state index contributed by atoms with van der Waals surface area (Å²) >= 11 is 0. The van der Waals surface area contributed by atoms with Gasteiger partial charge >= 0.3 is 5.97 Å². The predicted molar refractivity (Wildman–Crippen MR) is 110 cm³/mol. The molecule has 7 nitrogen and oxygen atoms in total. The van der Waals surface area contributed by atoms with Gasteiger partial charge in [-0.3, -0.25) is 4.79 Å². The summed E-state index contributed by atoms with van der Waals surface area (Å²) in [5.74, 6) is 1.20. The van der Waals surface area contributed by atoms with E-state index < -0.39 is 12.1 Å². The van der Waals surface area contributed by atoms with Crippen LogP contribution >= 0.6 is 0 Å². The third kappa shape index (κ3) is 4.02. The molecule has 1 saturated heterocycles. The average molecular weight is 410 g/mol. The SMILES string of the molecule is CCOc1ccccc1Oc1c(C)oc2cc(OC(=O)C3CCCO3)ccc2c1=O. The summed E-state index contributed by atoms with van der Waals surface area (Å²) in [5.41, 5.74) is -0.0161. The Morgan fingerprint density at radius 3 is 2.70 bits per heavy atom. The molecule has 1 atom stereocenters. The minimum absolute atomic E-state index is 0.0822. The Kier molecular flexibility index (Phi) is 5.72. The van der Waals surface area contributed by atoms with Gasteiger partial charge in [0.15, 0.2) is 17.6 Å². The topological polar surface area (TPSA) is 84.2 Å². The normalized spacial score (nSPS) is 15.9. The number of aryl methyl sites for hydroxylation is 1. The highest BCUT2D eigenvalue weighted by atomic mass is 16.6. The Labute approximate surface area is 173 Å². The van der Waals surface area contributed by atoms with Gasteiger partial charge in [-0.15, -0.1) is 0 Å². The minimum atomic E-state index is -0.546. The molecule has 4 rings (SSSR count). The Bertz CT molecular complexity index is 1130. The molecule has 0 spiro atoms. The standard InChI is InChI=1S/C23H22O7/c1-3-26-17-7-4-5-8-18(17)30-22-14(2)28-20-13-15(10-11-16(20)21(22)24)29-23(25)19-9-6-12-27-19/h4-5,7-8,10-11,13,19H,3,6,9,12H2,1-2H3. The molecule has 2 aromatic carbocycles. The number of ether oxygens (including phenoxy) is 4. The number of esters is 1. The molecule has 0 amide bonds. The van der Waals surface area contributed by atoms with Crippen LogP contribution in [-0.2, 0) is 9.53 Å². The van der Waals surface area contributed by atoms with Crippen molar-refractivity contribution >= 4 is 16.9 Å². The van der Waals surface area contributed by atoms with E-state index in [1.165, 1.54) is 6.07 Å². The van der Waals surface area contributed by atoms with E-state index >= 15 is 0 Å². The fourth-order valence-electron chi connectivity index (χ4n) is 3.31. The Morgan fingerprint density at radius 2 is 1.97 bits per heavy atom. The summed E-state index contributed by atoms with van der Waals surface area (Å²) in [6, 6.07) is 11.7. The van der Waals surface area contributed by atoms with Crippen LogP contribution in [0.15, 0.2) is 51.7 Å². The smallest absolute Gasteiger partial charge is 0.340 e. The van der Waals surface area contributed by atoms with Crippen LogP contribution in [0.2, 0.25) is 0 Å². The van der Waals surface area contributed by atoms with Crippen molar-refractivity contribution in [3.63, 3.8) is 0 Å². The highest BCUT2D eigenvalue weighted by molar-refractivity contribution is 5.82. The highest BCUT2D eigenvalue weighted by Gasteiger charge is 2.26. The third-order valence-corrected chi connectivity index (χ3v) is 4.76. The number of para-hydroxylation sites is 2. The lowest BCUT2D eigenvalue weighted by molar-refractivity contribution is -0.144. The van der Waals surface area contributed by atoms with E-state index in [0.717, 1.165) is 6.42 Å². The Hall–Kier alpha value is -3.32. The Morgan fingerprint density at radius 1 is 1.17 bits per heavy atom. The van der Waals surface area contributed by atoms with Crippen molar-refractivity contribution < 1.29 is 28.2 Å². The van der Waals surface area contributed by atoms with Gasteiger partial charge in [0.05, 0.1) is 12.0 Å². The summed E-state index contributed by atoms with van der Waals surface area (Å²) in [7, 11) is 0. The second-order valence-corrected chi connectivity index (χ2v) is 6.88. The molecule has 0 radical (unpaired) electrons. The van der Waals surface area contributed by atoms with Crippen molar-refractivity contribution in [1.29, 1.82) is 0 Å². The van der Waals surface area contributed by atoms with Crippen molar-refractivity contribution in [2.24, 2.45) is 0 Å². The molecule has 0 N–H and O–H groups in total. The largest absolute Gasteiger partial charge is 0.490 e. The molecule has 1 aromatic heterocycles. The molecule has 0 saturated carbocycles. The zero-order chi connectivity index (χ0) is 21.1. The number of fused-ring (bicyclic) bond motifs is 1. The highest BCUT2D eigenvalue weighted by Crippen LogP contribution is 2.33. The van der Waals surface area contributed by atoms with E-state index in [2.05, 4.69) is 0 Å². The molecular formula is C23H22O7. The lowest BCUT2D eigenvalue weighted by Crippen LogP contribution is -2.24. The Balaban J connectivity index is 1.64. The lowest BCUT2D eigenvalue weighted by Gasteiger charge is -2.13. The fourth-order valence-corrected chi connectivity index (χ4v) is 3.31. The van der Waals surface area contributed by atoms with Crippen LogP contribution in [0.4, 0.5) is 0 Å². The molecule has 0 aliphatic carbocycles. The first-order valence-electron chi connectivity index (χ1n) is 9.87. The molecular weight excluding hydrogens is 388 g/mol. The molecule has 30 heavy (non-hydrogen) atoms. The van der Waals surface area contributed by atoms with Crippen LogP contribution in [0.25, 0.3) is 11.0 Å². The number of hydrogen-bond acceptors (Lipinski definition) is 7. The van der Waals surface area contributed by atoms with Crippen LogP contribution in [0.5, 0.6) is 23.0 Å². The van der Waals surface area contributed by atoms with Gasteiger partial charge in [0.25, 0.3) is 0 Å². The predicted octanol–water partition coefficient (Wildman–Crippen LogP) is 4.38. The molecule has 1 fully saturated rings. The van der Waals surface area contributed by atoms with Crippen LogP contribution in [0.1, 0.15) is 25.5 Å². The summed E-state index contributed by atoms with van der Waals surface area (Å²) in [4.78, 5) is 25.2. The maximum absolute atomic E-state index is 13.0. The van der Waals surface area contributed by atoms with Gasteiger partial charge < -0.3 is 23.4 Å². The van der Waals surface area contributed by atoms with E-state index in [-0.39, 0.29) is 11.2 Å². The van der Waals surface area contributed by atoms with Gasteiger partial charge in [-0.25, -0.2) is 4.79 Å². The van der Waals surface area contributed by atoms with Crippen molar-refractivity contribution in [2.45, 2.75) is 32.8 Å². The van der Waals surface area contributed by atoms with Gasteiger partial charge in [0.2, 0.25) is 11.2 Å². The summed E-state index contributed by atoms with van der Waals surface area (Å²) in [6.45, 7) is 4.54. The van der Waals surface area contributed by atoms with Crippen LogP contribution in [0, 0.1) is 6.92 Å². The van der Waals surface area contributed by atoms with Crippen molar-refractivity contribution in [2.75, 3.05) is 13.2 Å². The lowest BCUT2D eigenvalue weighted by atomic mass is 10.2. The third-order valence-electron chi connectivity index (χ3n) is 4.76. The van der Waals surface area contributed by atoms with E-state index in [1.807, 2.05) is 13.0 Å². The number of benzene rings is 2. The first kappa shape index (κ1) is 20.0. The zero-order valence-corrected chi connectivity index (χ0v) is 16.8. The number of carbonyl (C=O) groups is 1. The monoisotopic (exact) mass is 410 g/mol. The van der Waals surface area contributed by atoms with Gasteiger partial charge in [-0.2, -0.15) is 0 Å². The van der Waals surface area contributed by atoms with E-state index in [9.17, 15) is 9.59 Å². The maximum Gasteiger partial charge on any atom is 0.340 e. The van der Waals surface area contributed by atoms with Crippen molar-refractivity contribution in [1.82, 2.24) is 0 Å². The summed E-state index contributed by atoms with van der Waals surface area (Å²) < 4.78 is 27.9. The number of carbonyl (C=O) groups excluding carboxylic acids is 1. The first-order valence-corrected chi connectivity index (χ1v) is 9.87. The molecule has 7 heteroatoms. The van der Waals surface area contributed by atoms with Crippen molar-refractivity contribution in [3.05, 3.63) is 58.4 Å². The summed E-state index contributed by atoms with van der Waals surface area (Å²) in [6.07, 6.45) is 0.932. The van der Waals surface area contributed by atoms with E-state index in [4.69, 9.17) is 23.4 Å². The average Bonchev–Trinajstić information content (AvgIpc) is 3.27. The molecule has 156 valence electrons. The van der Waals surface area contributed by atoms with E-state index in [1.54, 1.807) is 37.3 Å². The van der Waals surface area contributed by atoms with E-state index in [0.29, 0.717) is 53.6 Å². The number of rotatable bonds is 6. The minimum Gasteiger partial charge on any atom is -0.490 e. The first-order chi connectivity index (χ1) is 14.6. The molecule has 1 aliphatic heterocycles. The van der Waals surface area contributed by atoms with Crippen LogP contribution in [0.3, 0.4) is 0 Å². The quantitative estimate of drug-likeness (QED) is 0.440. The van der Waals surface area contributed by atoms with Crippen molar-refractivity contribution in [3.8, 4) is 23.0 Å². The second kappa shape index (κ2) is 8.59. The molecule has 0 bridgehead atoms. The van der Waals surface area contributed by atoms with Gasteiger partial charge in [-0.1, -0.05) is 12.1 Å². The molecule has 1 aliphatic rings. The van der Waals surface area contributed by atoms with Gasteiger partial charge in [-0.05, 0) is 51.0 Å². The van der Waals surface area contributed by atoms with Crippen LogP contribution < -0.4 is 19.6 Å². The van der Waals surface area contributed by atoms with Gasteiger partial charge in [0.1, 0.15) is 17.1 Å². The molecule has 2 heterocycles.